The second-order valence-electron chi connectivity index (χ2n) is 7.89. The molecule has 0 aromatic rings. The highest BCUT2D eigenvalue weighted by Crippen LogP contribution is 2.42. The van der Waals surface area contributed by atoms with Crippen molar-refractivity contribution in [2.24, 2.45) is 10.4 Å². The Kier molecular flexibility index (Phi) is 4.43. The number of hydrogen-bond acceptors (Lipinski definition) is 5. The molecule has 1 amide bonds. The molecule has 0 bridgehead atoms. The first kappa shape index (κ1) is 16.8. The van der Waals surface area contributed by atoms with E-state index in [0.29, 0.717) is 12.5 Å². The van der Waals surface area contributed by atoms with Crippen LogP contribution >= 0.6 is 0 Å². The van der Waals surface area contributed by atoms with Crippen LogP contribution in [0.3, 0.4) is 0 Å². The molecule has 25 heavy (non-hydrogen) atoms. The van der Waals surface area contributed by atoms with Crippen molar-refractivity contribution in [2.45, 2.75) is 57.1 Å². The Morgan fingerprint density at radius 3 is 2.76 bits per heavy atom. The van der Waals surface area contributed by atoms with Gasteiger partial charge in [0.2, 0.25) is 5.91 Å². The van der Waals surface area contributed by atoms with E-state index in [4.69, 9.17) is 0 Å². The summed E-state index contributed by atoms with van der Waals surface area (Å²) in [5.74, 6) is 0.697. The minimum atomic E-state index is -0.321. The van der Waals surface area contributed by atoms with Gasteiger partial charge < -0.3 is 20.2 Å². The Morgan fingerprint density at radius 2 is 2.04 bits per heavy atom. The fraction of sp³-hybridized carbons (Fsp3) is 0.778. The molecule has 0 aromatic carbocycles. The maximum absolute atomic E-state index is 13.2. The molecule has 1 spiro atoms. The van der Waals surface area contributed by atoms with Crippen molar-refractivity contribution in [3.05, 3.63) is 12.0 Å². The van der Waals surface area contributed by atoms with Crippen LogP contribution in [-0.4, -0.2) is 65.1 Å². The number of nitrogens with one attached hydrogen (secondary N) is 1. The minimum Gasteiger partial charge on any atom is -0.393 e. The minimum absolute atomic E-state index is 0.0797. The van der Waals surface area contributed by atoms with Crippen LogP contribution in [-0.2, 0) is 4.79 Å². The molecule has 3 aliphatic heterocycles. The fourth-order valence-corrected chi connectivity index (χ4v) is 4.83. The van der Waals surface area contributed by atoms with Crippen LogP contribution in [0.15, 0.2) is 17.0 Å². The Labute approximate surface area is 147 Å². The van der Waals surface area contributed by atoms with Crippen molar-refractivity contribution in [3.63, 3.8) is 0 Å². The van der Waals surface area contributed by atoms with Crippen LogP contribution in [0.2, 0.25) is 0 Å². The zero-order valence-electron chi connectivity index (χ0n) is 14.6. The van der Waals surface area contributed by atoms with Gasteiger partial charge in [-0.25, -0.2) is 9.38 Å². The second kappa shape index (κ2) is 6.59. The first-order chi connectivity index (χ1) is 12.1. The molecular formula is C18H27FN4O2. The van der Waals surface area contributed by atoms with Gasteiger partial charge in [0.1, 0.15) is 5.83 Å². The third-order valence-electron chi connectivity index (χ3n) is 6.27. The Bertz CT molecular complexity index is 600. The molecule has 0 radical (unpaired) electrons. The fourth-order valence-electron chi connectivity index (χ4n) is 4.83. The average Bonchev–Trinajstić information content (AvgIpc) is 2.93. The number of nitrogens with zero attached hydrogens (tertiary/aromatic N) is 3. The topological polar surface area (TPSA) is 68.2 Å². The van der Waals surface area contributed by atoms with E-state index in [1.54, 1.807) is 0 Å². The van der Waals surface area contributed by atoms with Crippen molar-refractivity contribution in [3.8, 4) is 0 Å². The molecule has 1 saturated carbocycles. The monoisotopic (exact) mass is 350 g/mol. The van der Waals surface area contributed by atoms with Gasteiger partial charge in [-0.2, -0.15) is 0 Å². The van der Waals surface area contributed by atoms with E-state index in [2.05, 4.69) is 20.1 Å². The van der Waals surface area contributed by atoms with Crippen LogP contribution in [0.1, 0.15) is 44.9 Å². The molecule has 7 heteroatoms. The number of likely N-dealkylation sites (tertiary alicyclic amines) is 2. The Morgan fingerprint density at radius 1 is 1.24 bits per heavy atom. The molecule has 2 N–H and O–H groups in total. The number of piperidine rings is 1. The molecule has 2 saturated heterocycles. The number of aliphatic hydroxyl groups excluding tert-OH is 1. The summed E-state index contributed by atoms with van der Waals surface area (Å²) in [5.41, 5.74) is -0.321. The van der Waals surface area contributed by atoms with Crippen LogP contribution in [0.4, 0.5) is 4.39 Å². The molecule has 4 rings (SSSR count). The number of carbonyl (C=O) groups excluding carboxylic acids is 1. The van der Waals surface area contributed by atoms with Gasteiger partial charge in [-0.15, -0.1) is 0 Å². The van der Waals surface area contributed by atoms with E-state index < -0.39 is 0 Å². The van der Waals surface area contributed by atoms with Crippen LogP contribution in [0, 0.1) is 5.41 Å². The molecular weight excluding hydrogens is 323 g/mol. The SMILES string of the molecule is O=C1N(C2CCC(O)CC2)CC[C@@]12CCCN(C1=NCC(F)=CN1)C2. The normalized spacial score (nSPS) is 36.3. The summed E-state index contributed by atoms with van der Waals surface area (Å²) in [6.45, 7) is 2.42. The predicted molar refractivity (Wildman–Crippen MR) is 92.5 cm³/mol. The van der Waals surface area contributed by atoms with Gasteiger partial charge in [-0.1, -0.05) is 0 Å². The smallest absolute Gasteiger partial charge is 0.230 e. The number of amides is 1. The van der Waals surface area contributed by atoms with E-state index in [0.717, 1.165) is 58.0 Å². The molecule has 3 heterocycles. The second-order valence-corrected chi connectivity index (χ2v) is 7.89. The molecule has 4 aliphatic rings. The molecule has 6 nitrogen and oxygen atoms in total. The van der Waals surface area contributed by atoms with Crippen LogP contribution in [0.25, 0.3) is 0 Å². The van der Waals surface area contributed by atoms with E-state index in [1.807, 2.05) is 0 Å². The predicted octanol–water partition coefficient (Wildman–Crippen LogP) is 1.37. The zero-order valence-corrected chi connectivity index (χ0v) is 14.6. The lowest BCUT2D eigenvalue weighted by molar-refractivity contribution is -0.140. The Hall–Kier alpha value is -1.63. The van der Waals surface area contributed by atoms with Crippen LogP contribution in [0.5, 0.6) is 0 Å². The molecule has 138 valence electrons. The van der Waals surface area contributed by atoms with Crippen molar-refractivity contribution in [1.29, 1.82) is 0 Å². The molecule has 0 unspecified atom stereocenters. The number of carbonyl (C=O) groups is 1. The van der Waals surface area contributed by atoms with Gasteiger partial charge in [-0.05, 0) is 44.9 Å². The molecule has 1 atom stereocenters. The summed E-state index contributed by atoms with van der Waals surface area (Å²) >= 11 is 0. The van der Waals surface area contributed by atoms with Crippen molar-refractivity contribution >= 4 is 11.9 Å². The van der Waals surface area contributed by atoms with Gasteiger partial charge in [0.25, 0.3) is 0 Å². The highest BCUT2D eigenvalue weighted by molar-refractivity contribution is 5.88. The van der Waals surface area contributed by atoms with E-state index in [-0.39, 0.29) is 35.8 Å². The number of aliphatic hydroxyl groups is 1. The summed E-state index contributed by atoms with van der Waals surface area (Å²) in [6, 6.07) is 0.285. The highest BCUT2D eigenvalue weighted by Gasteiger charge is 2.51. The van der Waals surface area contributed by atoms with Crippen molar-refractivity contribution in [2.75, 3.05) is 26.2 Å². The first-order valence-electron chi connectivity index (χ1n) is 9.47. The van der Waals surface area contributed by atoms with E-state index in [9.17, 15) is 14.3 Å². The number of aliphatic imine (C=N–C) groups is 1. The van der Waals surface area contributed by atoms with E-state index in [1.165, 1.54) is 6.20 Å². The van der Waals surface area contributed by atoms with Gasteiger partial charge in [0.05, 0.1) is 18.1 Å². The van der Waals surface area contributed by atoms with Gasteiger partial charge in [-0.3, -0.25) is 4.79 Å². The lowest BCUT2D eigenvalue weighted by Crippen LogP contribution is -2.53. The van der Waals surface area contributed by atoms with E-state index >= 15 is 0 Å². The van der Waals surface area contributed by atoms with Crippen molar-refractivity contribution in [1.82, 2.24) is 15.1 Å². The number of rotatable bonds is 1. The Balaban J connectivity index is 1.44. The first-order valence-corrected chi connectivity index (χ1v) is 9.47. The maximum atomic E-state index is 13.2. The van der Waals surface area contributed by atoms with Gasteiger partial charge >= 0.3 is 0 Å². The maximum Gasteiger partial charge on any atom is 0.230 e. The summed E-state index contributed by atoms with van der Waals surface area (Å²) in [6.07, 6.45) is 7.34. The van der Waals surface area contributed by atoms with Gasteiger partial charge in [0.15, 0.2) is 5.96 Å². The van der Waals surface area contributed by atoms with Crippen molar-refractivity contribution < 1.29 is 14.3 Å². The zero-order chi connectivity index (χ0) is 17.4. The summed E-state index contributed by atoms with van der Waals surface area (Å²) < 4.78 is 13.2. The largest absolute Gasteiger partial charge is 0.393 e. The number of hydrogen-bond donors (Lipinski definition) is 2. The number of halogens is 1. The molecule has 3 fully saturated rings. The van der Waals surface area contributed by atoms with Crippen LogP contribution < -0.4 is 5.32 Å². The average molecular weight is 350 g/mol. The molecule has 0 aromatic heterocycles. The lowest BCUT2D eigenvalue weighted by atomic mass is 9.78. The molecule has 1 aliphatic carbocycles. The third-order valence-corrected chi connectivity index (χ3v) is 6.27. The highest BCUT2D eigenvalue weighted by atomic mass is 19.1. The third kappa shape index (κ3) is 3.14. The number of guanidine groups is 1. The summed E-state index contributed by atoms with van der Waals surface area (Å²) in [7, 11) is 0. The summed E-state index contributed by atoms with van der Waals surface area (Å²) in [5, 5.41) is 12.6. The lowest BCUT2D eigenvalue weighted by Gasteiger charge is -2.41. The standard InChI is InChI=1S/C18H27FN4O2/c19-13-10-20-17(21-11-13)22-8-1-6-18(12-22)7-9-23(16(18)25)14-2-4-15(24)5-3-14/h10,14-15,24H,1-9,11-12H2,(H,20,21)/t14?,15?,18-/m1/s1. The summed E-state index contributed by atoms with van der Waals surface area (Å²) in [4.78, 5) is 21.7. The quantitative estimate of drug-likeness (QED) is 0.750. The van der Waals surface area contributed by atoms with Gasteiger partial charge in [0, 0.05) is 31.9 Å².